The summed E-state index contributed by atoms with van der Waals surface area (Å²) in [7, 11) is 2.07. The van der Waals surface area contributed by atoms with Gasteiger partial charge in [-0.25, -0.2) is 4.98 Å². The zero-order chi connectivity index (χ0) is 18.7. The van der Waals surface area contributed by atoms with Gasteiger partial charge in [-0.1, -0.05) is 78.9 Å². The van der Waals surface area contributed by atoms with Gasteiger partial charge < -0.3 is 4.57 Å². The molecule has 1 heterocycles. The quantitative estimate of drug-likeness (QED) is 0.299. The molecule has 0 saturated carbocycles. The average Bonchev–Trinajstić information content (AvgIpc) is 3.15. The van der Waals surface area contributed by atoms with Crippen molar-refractivity contribution in [2.24, 2.45) is 7.05 Å². The molecule has 0 aliphatic carbocycles. The van der Waals surface area contributed by atoms with Crippen molar-refractivity contribution in [2.45, 2.75) is 0 Å². The monoisotopic (exact) mass is 358 g/mol. The predicted molar refractivity (Wildman–Crippen MR) is 119 cm³/mol. The number of benzene rings is 5. The van der Waals surface area contributed by atoms with Crippen LogP contribution in [0.5, 0.6) is 0 Å². The number of para-hydroxylation sites is 1. The maximum atomic E-state index is 4.56. The zero-order valence-corrected chi connectivity index (χ0v) is 15.6. The molecular weight excluding hydrogens is 340 g/mol. The lowest BCUT2D eigenvalue weighted by Crippen LogP contribution is -1.91. The molecule has 0 unspecified atom stereocenters. The lowest BCUT2D eigenvalue weighted by atomic mass is 9.89. The fraction of sp³-hybridized carbons (Fsp3) is 0.0385. The number of aryl methyl sites for hydroxylation is 1. The third kappa shape index (κ3) is 2.00. The van der Waals surface area contributed by atoms with Crippen LogP contribution in [0.1, 0.15) is 0 Å². The van der Waals surface area contributed by atoms with Gasteiger partial charge in [-0.2, -0.15) is 0 Å². The van der Waals surface area contributed by atoms with Crippen LogP contribution in [-0.2, 0) is 7.05 Å². The highest BCUT2D eigenvalue weighted by Crippen LogP contribution is 2.41. The van der Waals surface area contributed by atoms with Crippen LogP contribution in [0.4, 0.5) is 0 Å². The van der Waals surface area contributed by atoms with Crippen LogP contribution in [-0.4, -0.2) is 9.55 Å². The van der Waals surface area contributed by atoms with Crippen molar-refractivity contribution in [1.29, 1.82) is 0 Å². The number of hydrogen-bond donors (Lipinski definition) is 0. The molecule has 0 aliphatic heterocycles. The Balaban J connectivity index is 1.89. The third-order valence-corrected chi connectivity index (χ3v) is 5.80. The van der Waals surface area contributed by atoms with Crippen LogP contribution in [0.2, 0.25) is 0 Å². The van der Waals surface area contributed by atoms with Gasteiger partial charge in [0.05, 0.1) is 17.4 Å². The molecule has 6 aromatic rings. The summed E-state index contributed by atoms with van der Waals surface area (Å²) < 4.78 is 2.12. The smallest absolute Gasteiger partial charge is 0.0955 e. The second kappa shape index (κ2) is 5.67. The van der Waals surface area contributed by atoms with Crippen molar-refractivity contribution >= 4 is 43.4 Å². The molecule has 0 amide bonds. The standard InChI is InChI=1S/C26H18N2/c1-28-16-27-24-15-7-14-23(26(24)28)22-13-6-12-21-19-9-3-2-8-17(19)18-10-4-5-11-20(18)25(21)22/h2-16H,1H3. The van der Waals surface area contributed by atoms with E-state index in [1.807, 2.05) is 6.33 Å². The molecule has 0 fully saturated rings. The first-order valence-corrected chi connectivity index (χ1v) is 9.55. The summed E-state index contributed by atoms with van der Waals surface area (Å²) in [5.74, 6) is 0. The summed E-state index contributed by atoms with van der Waals surface area (Å²) in [5.41, 5.74) is 4.69. The van der Waals surface area contributed by atoms with Gasteiger partial charge in [-0.05, 0) is 43.9 Å². The summed E-state index contributed by atoms with van der Waals surface area (Å²) in [6.07, 6.45) is 1.90. The van der Waals surface area contributed by atoms with Crippen molar-refractivity contribution < 1.29 is 0 Å². The molecule has 5 aromatic carbocycles. The molecule has 2 nitrogen and oxygen atoms in total. The van der Waals surface area contributed by atoms with Gasteiger partial charge in [0.15, 0.2) is 0 Å². The van der Waals surface area contributed by atoms with E-state index in [0.717, 1.165) is 5.52 Å². The van der Waals surface area contributed by atoms with Gasteiger partial charge in [-0.15, -0.1) is 0 Å². The highest BCUT2D eigenvalue weighted by Gasteiger charge is 2.15. The van der Waals surface area contributed by atoms with E-state index in [-0.39, 0.29) is 0 Å². The predicted octanol–water partition coefficient (Wildman–Crippen LogP) is 6.70. The molecule has 0 N–H and O–H groups in total. The van der Waals surface area contributed by atoms with E-state index in [1.54, 1.807) is 0 Å². The number of fused-ring (bicyclic) bond motifs is 7. The number of aromatic nitrogens is 2. The number of hydrogen-bond acceptors (Lipinski definition) is 1. The normalized spacial score (nSPS) is 11.8. The molecule has 0 atom stereocenters. The van der Waals surface area contributed by atoms with Crippen LogP contribution in [0.15, 0.2) is 91.3 Å². The first-order chi connectivity index (χ1) is 13.8. The molecule has 28 heavy (non-hydrogen) atoms. The lowest BCUT2D eigenvalue weighted by Gasteiger charge is -2.15. The Morgan fingerprint density at radius 1 is 0.571 bits per heavy atom. The molecule has 0 aliphatic rings. The molecule has 6 rings (SSSR count). The second-order valence-electron chi connectivity index (χ2n) is 7.35. The first kappa shape index (κ1) is 15.4. The SMILES string of the molecule is Cn1cnc2cccc(-c3cccc4c5ccccc5c5ccccc5c34)c21. The van der Waals surface area contributed by atoms with Gasteiger partial charge in [0.1, 0.15) is 0 Å². The second-order valence-corrected chi connectivity index (χ2v) is 7.35. The molecular formula is C26H18N2. The Morgan fingerprint density at radius 3 is 1.82 bits per heavy atom. The largest absolute Gasteiger partial charge is 0.333 e. The Labute approximate surface area is 162 Å². The van der Waals surface area contributed by atoms with E-state index in [2.05, 4.69) is 102 Å². The molecule has 0 radical (unpaired) electrons. The maximum absolute atomic E-state index is 4.56. The van der Waals surface area contributed by atoms with Gasteiger partial charge in [0.25, 0.3) is 0 Å². The lowest BCUT2D eigenvalue weighted by molar-refractivity contribution is 0.948. The van der Waals surface area contributed by atoms with Crippen LogP contribution in [0, 0.1) is 0 Å². The molecule has 0 saturated heterocycles. The minimum absolute atomic E-state index is 1.03. The first-order valence-electron chi connectivity index (χ1n) is 9.55. The molecule has 1 aromatic heterocycles. The van der Waals surface area contributed by atoms with Crippen LogP contribution in [0.25, 0.3) is 54.5 Å². The molecule has 0 spiro atoms. The van der Waals surface area contributed by atoms with E-state index >= 15 is 0 Å². The van der Waals surface area contributed by atoms with E-state index in [1.165, 1.54) is 49.0 Å². The topological polar surface area (TPSA) is 17.8 Å². The zero-order valence-electron chi connectivity index (χ0n) is 15.6. The number of imidazole rings is 1. The van der Waals surface area contributed by atoms with Crippen molar-refractivity contribution in [3.63, 3.8) is 0 Å². The Hall–Kier alpha value is -3.65. The van der Waals surface area contributed by atoms with Gasteiger partial charge in [0.2, 0.25) is 0 Å². The fourth-order valence-electron chi connectivity index (χ4n) is 4.61. The van der Waals surface area contributed by atoms with Crippen LogP contribution < -0.4 is 0 Å². The van der Waals surface area contributed by atoms with Crippen LogP contribution in [0.3, 0.4) is 0 Å². The minimum atomic E-state index is 1.03. The summed E-state index contributed by atoms with van der Waals surface area (Å²) in [6.45, 7) is 0. The van der Waals surface area contributed by atoms with Gasteiger partial charge in [-0.3, -0.25) is 0 Å². The molecule has 0 bridgehead atoms. The van der Waals surface area contributed by atoms with Crippen LogP contribution >= 0.6 is 0 Å². The summed E-state index contributed by atoms with van der Waals surface area (Å²) in [5, 5.41) is 7.81. The van der Waals surface area contributed by atoms with E-state index in [4.69, 9.17) is 0 Å². The summed E-state index contributed by atoms with van der Waals surface area (Å²) in [4.78, 5) is 4.56. The summed E-state index contributed by atoms with van der Waals surface area (Å²) in [6, 6.07) is 30.5. The third-order valence-electron chi connectivity index (χ3n) is 5.80. The van der Waals surface area contributed by atoms with Crippen molar-refractivity contribution in [3.8, 4) is 11.1 Å². The minimum Gasteiger partial charge on any atom is -0.333 e. The highest BCUT2D eigenvalue weighted by molar-refractivity contribution is 6.28. The number of nitrogens with zero attached hydrogens (tertiary/aromatic N) is 2. The Kier molecular flexibility index (Phi) is 3.12. The fourth-order valence-corrected chi connectivity index (χ4v) is 4.61. The van der Waals surface area contributed by atoms with Gasteiger partial charge in [0, 0.05) is 12.6 Å². The average molecular weight is 358 g/mol. The summed E-state index contributed by atoms with van der Waals surface area (Å²) >= 11 is 0. The van der Waals surface area contributed by atoms with E-state index in [0.29, 0.717) is 0 Å². The van der Waals surface area contributed by atoms with Crippen molar-refractivity contribution in [2.75, 3.05) is 0 Å². The van der Waals surface area contributed by atoms with Crippen molar-refractivity contribution in [3.05, 3.63) is 91.3 Å². The highest BCUT2D eigenvalue weighted by atomic mass is 15.0. The Bertz CT molecular complexity index is 1480. The molecule has 132 valence electrons. The van der Waals surface area contributed by atoms with Gasteiger partial charge >= 0.3 is 0 Å². The van der Waals surface area contributed by atoms with E-state index < -0.39 is 0 Å². The Morgan fingerprint density at radius 2 is 1.11 bits per heavy atom. The molecule has 2 heteroatoms. The maximum Gasteiger partial charge on any atom is 0.0955 e. The number of rotatable bonds is 1. The van der Waals surface area contributed by atoms with Crippen molar-refractivity contribution in [1.82, 2.24) is 9.55 Å². The van der Waals surface area contributed by atoms with E-state index in [9.17, 15) is 0 Å².